The predicted octanol–water partition coefficient (Wildman–Crippen LogP) is 2.29. The summed E-state index contributed by atoms with van der Waals surface area (Å²) < 4.78 is 24.9. The van der Waals surface area contributed by atoms with Gasteiger partial charge in [0, 0.05) is 5.56 Å². The Morgan fingerprint density at radius 1 is 0.963 bits per heavy atom. The van der Waals surface area contributed by atoms with Gasteiger partial charge in [-0.25, -0.2) is 8.42 Å². The minimum atomic E-state index is -4.33. The number of Topliss-reactive ketones (excluding diaryl/α,β-unsaturated/α-hetero) is 2. The lowest BCUT2D eigenvalue weighted by molar-refractivity contribution is -0.122. The molecule has 0 amide bonds. The van der Waals surface area contributed by atoms with Gasteiger partial charge in [-0.2, -0.15) is 0 Å². The molecule has 0 N–H and O–H groups in total. The zero-order valence-electron chi connectivity index (χ0n) is 14.8. The van der Waals surface area contributed by atoms with Crippen molar-refractivity contribution < 1.29 is 22.8 Å². The second-order valence-electron chi connectivity index (χ2n) is 5.86. The minimum Gasteiger partial charge on any atom is -0.360 e. The molecule has 0 unspecified atom stereocenters. The molecule has 6 nitrogen and oxygen atoms in total. The van der Waals surface area contributed by atoms with Gasteiger partial charge in [0.15, 0.2) is 0 Å². The fourth-order valence-electron chi connectivity index (χ4n) is 2.13. The smallest absolute Gasteiger partial charge is 0.360 e. The second-order valence-corrected chi connectivity index (χ2v) is 7.73. The molecule has 0 spiro atoms. The average Bonchev–Trinajstić information content (AvgIpc) is 2.62. The monoisotopic (exact) mass is 380 g/mol. The maximum atomic E-state index is 12.4. The van der Waals surface area contributed by atoms with Crippen LogP contribution >= 0.6 is 0 Å². The van der Waals surface area contributed by atoms with Gasteiger partial charge in [-0.05, 0) is 44.0 Å². The highest BCUT2D eigenvalue weighted by Crippen LogP contribution is 2.14. The van der Waals surface area contributed by atoms with Crippen LogP contribution in [0.2, 0.25) is 0 Å². The molecular formula is C20H16N2O4S. The Kier molecular flexibility index (Phi) is 6.19. The molecule has 2 aromatic rings. The van der Waals surface area contributed by atoms with Crippen molar-refractivity contribution in [2.45, 2.75) is 25.2 Å². The summed E-state index contributed by atoms with van der Waals surface area (Å²) in [5.41, 5.74) is 11.5. The van der Waals surface area contributed by atoms with E-state index < -0.39 is 32.9 Å². The van der Waals surface area contributed by atoms with Crippen LogP contribution < -0.4 is 0 Å². The van der Waals surface area contributed by atoms with Crippen molar-refractivity contribution in [2.24, 2.45) is 0 Å². The van der Waals surface area contributed by atoms with Gasteiger partial charge in [0.25, 0.3) is 15.6 Å². The van der Waals surface area contributed by atoms with Crippen molar-refractivity contribution >= 4 is 26.4 Å². The van der Waals surface area contributed by atoms with E-state index in [4.69, 9.17) is 5.53 Å². The molecule has 2 aromatic carbocycles. The summed E-state index contributed by atoms with van der Waals surface area (Å²) >= 11 is 0. The Labute approximate surface area is 157 Å². The van der Waals surface area contributed by atoms with Crippen LogP contribution in [0.15, 0.2) is 53.4 Å². The largest absolute Gasteiger partial charge is 0.452 e. The molecule has 7 heteroatoms. The van der Waals surface area contributed by atoms with E-state index in [1.807, 2.05) is 19.1 Å². The van der Waals surface area contributed by atoms with Crippen molar-refractivity contribution in [1.29, 1.82) is 0 Å². The highest BCUT2D eigenvalue weighted by Gasteiger charge is 2.37. The maximum Gasteiger partial charge on any atom is 0.452 e. The molecule has 0 fully saturated rings. The van der Waals surface area contributed by atoms with Crippen molar-refractivity contribution in [2.75, 3.05) is 0 Å². The SMILES string of the molecule is Cc1ccc(C#CC(=O)CC(=O)C(=[N+]=[N-])S(=O)(=O)c2ccc(C)cc2)cc1. The third-order valence-electron chi connectivity index (χ3n) is 3.63. The van der Waals surface area contributed by atoms with Gasteiger partial charge in [0.2, 0.25) is 5.78 Å². The molecule has 0 atom stereocenters. The number of carbonyl (C=O) groups is 2. The van der Waals surface area contributed by atoms with Gasteiger partial charge in [0.05, 0.1) is 11.3 Å². The summed E-state index contributed by atoms with van der Waals surface area (Å²) in [6.45, 7) is 3.68. The van der Waals surface area contributed by atoms with Gasteiger partial charge in [0.1, 0.15) is 0 Å². The average molecular weight is 380 g/mol. The Balaban J connectivity index is 2.18. The van der Waals surface area contributed by atoms with E-state index in [9.17, 15) is 18.0 Å². The summed E-state index contributed by atoms with van der Waals surface area (Å²) in [4.78, 5) is 26.5. The summed E-state index contributed by atoms with van der Waals surface area (Å²) in [6, 6.07) is 12.8. The minimum absolute atomic E-state index is 0.201. The van der Waals surface area contributed by atoms with Crippen LogP contribution in [0, 0.1) is 25.7 Å². The molecule has 0 aliphatic heterocycles. The Bertz CT molecular complexity index is 1100. The van der Waals surface area contributed by atoms with Crippen LogP contribution in [0.3, 0.4) is 0 Å². The van der Waals surface area contributed by atoms with Gasteiger partial charge in [-0.3, -0.25) is 9.59 Å². The number of nitrogens with zero attached hydrogens (tertiary/aromatic N) is 2. The normalized spacial score (nSPS) is 10.3. The van der Waals surface area contributed by atoms with E-state index in [1.165, 1.54) is 12.1 Å². The quantitative estimate of drug-likeness (QED) is 0.203. The van der Waals surface area contributed by atoms with Gasteiger partial charge in [-0.1, -0.05) is 41.3 Å². The van der Waals surface area contributed by atoms with E-state index >= 15 is 0 Å². The standard InChI is InChI=1S/C20H16N2O4S/c1-14-3-7-16(8-4-14)9-10-17(23)13-19(24)20(22-21)27(25,26)18-11-5-15(2)6-12-18/h3-8,11-12H,13H2,1-2H3. The van der Waals surface area contributed by atoms with Crippen molar-refractivity contribution in [1.82, 2.24) is 0 Å². The van der Waals surface area contributed by atoms with Gasteiger partial charge < -0.3 is 5.53 Å². The summed E-state index contributed by atoms with van der Waals surface area (Å²) in [6.07, 6.45) is -0.802. The van der Waals surface area contributed by atoms with E-state index in [0.717, 1.165) is 11.1 Å². The second kappa shape index (κ2) is 8.37. The van der Waals surface area contributed by atoms with Gasteiger partial charge >= 0.3 is 5.04 Å². The first-order valence-electron chi connectivity index (χ1n) is 7.92. The molecular weight excluding hydrogens is 364 g/mol. The van der Waals surface area contributed by atoms with E-state index in [2.05, 4.69) is 16.6 Å². The molecule has 0 aliphatic rings. The van der Waals surface area contributed by atoms with Gasteiger partial charge in [-0.15, -0.1) is 4.79 Å². The molecule has 0 saturated heterocycles. The van der Waals surface area contributed by atoms with E-state index in [0.29, 0.717) is 5.56 Å². The molecule has 2 rings (SSSR count). The Hall–Kier alpha value is -3.33. The molecule has 0 radical (unpaired) electrons. The third kappa shape index (κ3) is 5.08. The van der Waals surface area contributed by atoms with Crippen LogP contribution in [0.1, 0.15) is 23.1 Å². The topological polar surface area (TPSA) is 105 Å². The first-order valence-corrected chi connectivity index (χ1v) is 9.41. The molecule has 27 heavy (non-hydrogen) atoms. The molecule has 0 aromatic heterocycles. The number of aryl methyl sites for hydroxylation is 2. The summed E-state index contributed by atoms with van der Waals surface area (Å²) in [7, 11) is -4.33. The highest BCUT2D eigenvalue weighted by molar-refractivity contribution is 8.08. The number of rotatable bonds is 4. The van der Waals surface area contributed by atoms with Crippen LogP contribution in [0.5, 0.6) is 0 Å². The fraction of sp³-hybridized carbons (Fsp3) is 0.150. The fourth-order valence-corrected chi connectivity index (χ4v) is 3.33. The lowest BCUT2D eigenvalue weighted by Crippen LogP contribution is -2.27. The van der Waals surface area contributed by atoms with Crippen molar-refractivity contribution in [3.05, 3.63) is 70.8 Å². The molecule has 0 aliphatic carbocycles. The van der Waals surface area contributed by atoms with Crippen molar-refractivity contribution in [3.8, 4) is 11.8 Å². The number of hydrogen-bond acceptors (Lipinski definition) is 4. The zero-order chi connectivity index (χ0) is 20.0. The lowest BCUT2D eigenvalue weighted by Gasteiger charge is -2.00. The van der Waals surface area contributed by atoms with Crippen LogP contribution in [0.25, 0.3) is 5.53 Å². The third-order valence-corrected chi connectivity index (χ3v) is 5.35. The zero-order valence-corrected chi connectivity index (χ0v) is 15.6. The summed E-state index contributed by atoms with van der Waals surface area (Å²) in [5, 5.41) is -1.09. The van der Waals surface area contributed by atoms with Crippen LogP contribution in [0.4, 0.5) is 0 Å². The summed E-state index contributed by atoms with van der Waals surface area (Å²) in [5.74, 6) is 2.99. The Morgan fingerprint density at radius 3 is 2.00 bits per heavy atom. The van der Waals surface area contributed by atoms with Crippen LogP contribution in [-0.4, -0.2) is 29.8 Å². The molecule has 0 bridgehead atoms. The first-order chi connectivity index (χ1) is 12.7. The molecule has 0 heterocycles. The number of hydrogen-bond donors (Lipinski definition) is 0. The lowest BCUT2D eigenvalue weighted by atomic mass is 10.1. The highest BCUT2D eigenvalue weighted by atomic mass is 32.2. The van der Waals surface area contributed by atoms with E-state index in [-0.39, 0.29) is 4.90 Å². The number of carbonyl (C=O) groups excluding carboxylic acids is 2. The molecule has 0 saturated carbocycles. The van der Waals surface area contributed by atoms with Crippen LogP contribution in [-0.2, 0) is 19.4 Å². The predicted molar refractivity (Wildman–Crippen MR) is 99.7 cm³/mol. The number of sulfone groups is 1. The maximum absolute atomic E-state index is 12.4. The first kappa shape index (κ1) is 20.0. The number of benzene rings is 2. The molecule has 136 valence electrons. The number of ketones is 2. The Morgan fingerprint density at radius 2 is 1.48 bits per heavy atom. The van der Waals surface area contributed by atoms with Crippen molar-refractivity contribution in [3.63, 3.8) is 0 Å². The van der Waals surface area contributed by atoms with E-state index in [1.54, 1.807) is 31.2 Å².